The van der Waals surface area contributed by atoms with Crippen LogP contribution in [0.5, 0.6) is 0 Å². The van der Waals surface area contributed by atoms with Crippen molar-refractivity contribution in [3.8, 4) is 0 Å². The molecule has 1 aliphatic rings. The Balaban J connectivity index is 2.29. The fourth-order valence-electron chi connectivity index (χ4n) is 1.68. The first-order chi connectivity index (χ1) is 5.77. The van der Waals surface area contributed by atoms with Crippen LogP contribution in [0, 0.1) is 6.92 Å². The predicted octanol–water partition coefficient (Wildman–Crippen LogP) is 2.20. The molecule has 0 bridgehead atoms. The molecule has 1 aromatic carbocycles. The molecule has 0 aromatic heterocycles. The van der Waals surface area contributed by atoms with Gasteiger partial charge >= 0.3 is 0 Å². The number of hydrogen-bond acceptors (Lipinski definition) is 1. The van der Waals surface area contributed by atoms with E-state index in [4.69, 9.17) is 0 Å². The summed E-state index contributed by atoms with van der Waals surface area (Å²) in [6.07, 6.45) is 2.57. The second-order valence-corrected chi connectivity index (χ2v) is 3.70. The van der Waals surface area contributed by atoms with Gasteiger partial charge in [0.2, 0.25) is 0 Å². The van der Waals surface area contributed by atoms with Gasteiger partial charge in [0.1, 0.15) is 0 Å². The summed E-state index contributed by atoms with van der Waals surface area (Å²) < 4.78 is 0. The maximum Gasteiger partial charge on any atom is 0.0433 e. The molecule has 1 heteroatoms. The minimum Gasteiger partial charge on any atom is -0.310 e. The molecule has 0 heterocycles. The molecule has 0 aliphatic heterocycles. The summed E-state index contributed by atoms with van der Waals surface area (Å²) in [6.45, 7) is 2.13. The molecule has 1 aromatic rings. The molecule has 1 aliphatic carbocycles. The molecule has 12 heavy (non-hydrogen) atoms. The van der Waals surface area contributed by atoms with Crippen LogP contribution in [0.15, 0.2) is 24.3 Å². The summed E-state index contributed by atoms with van der Waals surface area (Å²) in [6, 6.07) is 8.84. The van der Waals surface area contributed by atoms with E-state index in [-0.39, 0.29) is 0 Å². The van der Waals surface area contributed by atoms with Crippen LogP contribution in [0.25, 0.3) is 0 Å². The average molecular weight is 161 g/mol. The number of benzene rings is 1. The Kier molecular flexibility index (Phi) is 1.69. The quantitative estimate of drug-likeness (QED) is 0.701. The molecule has 2 rings (SSSR count). The molecule has 1 nitrogen and oxygen atoms in total. The lowest BCUT2D eigenvalue weighted by atomic mass is 10.0. The maximum absolute atomic E-state index is 3.39. The van der Waals surface area contributed by atoms with Crippen LogP contribution in [0.3, 0.4) is 0 Å². The zero-order valence-corrected chi connectivity index (χ0v) is 7.72. The normalized spacial score (nSPS) is 19.2. The molecule has 1 saturated carbocycles. The van der Waals surface area contributed by atoms with Crippen LogP contribution < -0.4 is 5.32 Å². The van der Waals surface area contributed by atoms with Gasteiger partial charge in [0.05, 0.1) is 0 Å². The molecule has 0 amide bonds. The topological polar surface area (TPSA) is 12.0 Å². The largest absolute Gasteiger partial charge is 0.310 e. The van der Waals surface area contributed by atoms with E-state index in [1.807, 2.05) is 7.05 Å². The van der Waals surface area contributed by atoms with Crippen LogP contribution in [0.1, 0.15) is 24.0 Å². The molecule has 64 valence electrons. The van der Waals surface area contributed by atoms with E-state index in [1.165, 1.54) is 24.0 Å². The Hall–Kier alpha value is -0.820. The van der Waals surface area contributed by atoms with E-state index in [9.17, 15) is 0 Å². The Labute approximate surface area is 73.8 Å². The van der Waals surface area contributed by atoms with Crippen LogP contribution >= 0.6 is 0 Å². The molecule has 0 unspecified atom stereocenters. The summed E-state index contributed by atoms with van der Waals surface area (Å²) in [5, 5.41) is 3.39. The molecule has 1 fully saturated rings. The number of nitrogens with one attached hydrogen (secondary N) is 1. The van der Waals surface area contributed by atoms with Crippen molar-refractivity contribution >= 4 is 0 Å². The first-order valence-electron chi connectivity index (χ1n) is 4.53. The summed E-state index contributed by atoms with van der Waals surface area (Å²) in [5.74, 6) is 0. The van der Waals surface area contributed by atoms with Crippen molar-refractivity contribution in [1.29, 1.82) is 0 Å². The molecule has 0 radical (unpaired) electrons. The second kappa shape index (κ2) is 2.60. The van der Waals surface area contributed by atoms with Gasteiger partial charge in [0, 0.05) is 5.54 Å². The molecule has 0 saturated heterocycles. The van der Waals surface area contributed by atoms with Crippen LogP contribution in [0.2, 0.25) is 0 Å². The summed E-state index contributed by atoms with van der Waals surface area (Å²) >= 11 is 0. The molecular formula is C11H15N. The second-order valence-electron chi connectivity index (χ2n) is 3.70. The highest BCUT2D eigenvalue weighted by atomic mass is 15.0. The highest BCUT2D eigenvalue weighted by Gasteiger charge is 2.42. The molecular weight excluding hydrogens is 146 g/mol. The van der Waals surface area contributed by atoms with E-state index in [0.29, 0.717) is 5.54 Å². The maximum atomic E-state index is 3.39. The summed E-state index contributed by atoms with van der Waals surface area (Å²) in [7, 11) is 2.05. The summed E-state index contributed by atoms with van der Waals surface area (Å²) in [4.78, 5) is 0. The van der Waals surface area contributed by atoms with E-state index in [0.717, 1.165) is 0 Å². The third-order valence-corrected chi connectivity index (χ3v) is 2.83. The van der Waals surface area contributed by atoms with Gasteiger partial charge in [-0.05, 0) is 32.4 Å². The fraction of sp³-hybridized carbons (Fsp3) is 0.455. The average Bonchev–Trinajstić information content (AvgIpc) is 2.86. The van der Waals surface area contributed by atoms with Crippen molar-refractivity contribution in [3.63, 3.8) is 0 Å². The van der Waals surface area contributed by atoms with Crippen LogP contribution in [-0.2, 0) is 5.54 Å². The van der Waals surface area contributed by atoms with Gasteiger partial charge in [-0.2, -0.15) is 0 Å². The SMILES string of the molecule is CNC1(c2ccc(C)cc2)CC1. The van der Waals surface area contributed by atoms with Gasteiger partial charge in [-0.3, -0.25) is 0 Å². The van der Waals surface area contributed by atoms with E-state index in [1.54, 1.807) is 0 Å². The number of rotatable bonds is 2. The van der Waals surface area contributed by atoms with E-state index in [2.05, 4.69) is 36.5 Å². The highest BCUT2D eigenvalue weighted by Crippen LogP contribution is 2.44. The van der Waals surface area contributed by atoms with Crippen LogP contribution in [0.4, 0.5) is 0 Å². The van der Waals surface area contributed by atoms with Crippen molar-refractivity contribution in [1.82, 2.24) is 5.32 Å². The molecule has 0 spiro atoms. The van der Waals surface area contributed by atoms with Crippen molar-refractivity contribution in [2.75, 3.05) is 7.05 Å². The van der Waals surface area contributed by atoms with Crippen molar-refractivity contribution in [3.05, 3.63) is 35.4 Å². The van der Waals surface area contributed by atoms with Gasteiger partial charge in [-0.25, -0.2) is 0 Å². The first kappa shape index (κ1) is 7.81. The summed E-state index contributed by atoms with van der Waals surface area (Å²) in [5.41, 5.74) is 3.11. The smallest absolute Gasteiger partial charge is 0.0433 e. The van der Waals surface area contributed by atoms with Gasteiger partial charge in [0.15, 0.2) is 0 Å². The number of aryl methyl sites for hydroxylation is 1. The van der Waals surface area contributed by atoms with Gasteiger partial charge < -0.3 is 5.32 Å². The van der Waals surface area contributed by atoms with Crippen molar-refractivity contribution in [2.45, 2.75) is 25.3 Å². The monoisotopic (exact) mass is 161 g/mol. The molecule has 0 atom stereocenters. The van der Waals surface area contributed by atoms with Crippen LogP contribution in [-0.4, -0.2) is 7.05 Å². The minimum absolute atomic E-state index is 0.327. The lowest BCUT2D eigenvalue weighted by molar-refractivity contribution is 0.585. The van der Waals surface area contributed by atoms with E-state index < -0.39 is 0 Å². The fourth-order valence-corrected chi connectivity index (χ4v) is 1.68. The van der Waals surface area contributed by atoms with E-state index >= 15 is 0 Å². The third kappa shape index (κ3) is 1.14. The lowest BCUT2D eigenvalue weighted by Gasteiger charge is -2.14. The van der Waals surface area contributed by atoms with Crippen molar-refractivity contribution < 1.29 is 0 Å². The third-order valence-electron chi connectivity index (χ3n) is 2.83. The predicted molar refractivity (Wildman–Crippen MR) is 51.2 cm³/mol. The highest BCUT2D eigenvalue weighted by molar-refractivity contribution is 5.32. The zero-order chi connectivity index (χ0) is 8.60. The Morgan fingerprint density at radius 2 is 1.75 bits per heavy atom. The zero-order valence-electron chi connectivity index (χ0n) is 7.72. The molecule has 1 N–H and O–H groups in total. The Bertz CT molecular complexity index is 270. The minimum atomic E-state index is 0.327. The Morgan fingerprint density at radius 1 is 1.17 bits per heavy atom. The van der Waals surface area contributed by atoms with Crippen molar-refractivity contribution in [2.24, 2.45) is 0 Å². The first-order valence-corrected chi connectivity index (χ1v) is 4.53. The van der Waals surface area contributed by atoms with Gasteiger partial charge in [-0.1, -0.05) is 29.8 Å². The van der Waals surface area contributed by atoms with Gasteiger partial charge in [0.25, 0.3) is 0 Å². The van der Waals surface area contributed by atoms with Gasteiger partial charge in [-0.15, -0.1) is 0 Å². The Morgan fingerprint density at radius 3 is 2.17 bits per heavy atom. The lowest BCUT2D eigenvalue weighted by Crippen LogP contribution is -2.24. The standard InChI is InChI=1S/C11H15N/c1-9-3-5-10(6-4-9)11(12-2)7-8-11/h3-6,12H,7-8H2,1-2H3. The number of hydrogen-bond donors (Lipinski definition) is 1.